The molecule has 0 atom stereocenters. The van der Waals surface area contributed by atoms with Gasteiger partial charge in [0.05, 0.1) is 16.8 Å². The summed E-state index contributed by atoms with van der Waals surface area (Å²) in [5.74, 6) is 0.510. The van der Waals surface area contributed by atoms with Crippen molar-refractivity contribution < 1.29 is 4.57 Å². The minimum Gasteiger partial charge on any atom is -0.359 e. The van der Waals surface area contributed by atoms with Crippen LogP contribution in [0, 0.1) is 0 Å². The Kier molecular flexibility index (Phi) is 2.72. The number of para-hydroxylation sites is 2. The molecule has 0 unspecified atom stereocenters. The molecular weight excluding hydrogens is 377 g/mol. The van der Waals surface area contributed by atoms with Crippen LogP contribution >= 0.6 is 0 Å². The maximum absolute atomic E-state index is 2.60. The number of nitrogens with zero attached hydrogens (tertiary/aromatic N) is 3. The van der Waals surface area contributed by atoms with Gasteiger partial charge in [0.1, 0.15) is 5.69 Å². The van der Waals surface area contributed by atoms with Crippen LogP contribution < -0.4 is 14.8 Å². The van der Waals surface area contributed by atoms with E-state index in [1.54, 1.807) is 0 Å². The molecule has 0 fully saturated rings. The highest BCUT2D eigenvalue weighted by atomic mass is 15.2. The quantitative estimate of drug-likeness (QED) is 0.282. The molecule has 4 heteroatoms. The van der Waals surface area contributed by atoms with Crippen molar-refractivity contribution in [3.63, 3.8) is 0 Å². The number of rotatable bonds is 1. The van der Waals surface area contributed by atoms with Gasteiger partial charge < -0.3 is 9.29 Å². The van der Waals surface area contributed by atoms with Gasteiger partial charge in [0.2, 0.25) is 5.69 Å². The summed E-state index contributed by atoms with van der Waals surface area (Å²) in [5, 5.41) is 2.70. The molecule has 5 aromatic rings. The highest BCUT2D eigenvalue weighted by Gasteiger charge is 2.50. The Morgan fingerprint density at radius 1 is 0.903 bits per heavy atom. The van der Waals surface area contributed by atoms with Crippen LogP contribution in [0.25, 0.3) is 33.1 Å². The molecule has 3 aliphatic heterocycles. The van der Waals surface area contributed by atoms with Crippen LogP contribution in [0.1, 0.15) is 30.9 Å². The molecule has 3 aliphatic rings. The third-order valence-electron chi connectivity index (χ3n) is 7.56. The van der Waals surface area contributed by atoms with Crippen LogP contribution in [0.5, 0.6) is 0 Å². The summed E-state index contributed by atoms with van der Waals surface area (Å²) >= 11 is 0. The SMILES string of the molecule is CC(C)c1cc2c3c(c1)B1N(c4ccc[n+](c4-3)C2)c2cccc3c4ccccc4n1c23. The van der Waals surface area contributed by atoms with E-state index in [-0.39, 0.29) is 6.98 Å². The Balaban J connectivity index is 1.58. The van der Waals surface area contributed by atoms with Gasteiger partial charge >= 0.3 is 6.98 Å². The zero-order chi connectivity index (χ0) is 20.4. The predicted octanol–water partition coefficient (Wildman–Crippen LogP) is 4.94. The maximum atomic E-state index is 2.60. The fourth-order valence-corrected chi connectivity index (χ4v) is 6.29. The number of hydrogen-bond acceptors (Lipinski definition) is 1. The molecule has 0 spiro atoms. The van der Waals surface area contributed by atoms with Crippen molar-refractivity contribution in [3.05, 3.63) is 84.1 Å². The van der Waals surface area contributed by atoms with Gasteiger partial charge in [-0.25, -0.2) is 0 Å². The first-order valence-electron chi connectivity index (χ1n) is 11.2. The molecule has 0 amide bonds. The minimum absolute atomic E-state index is 0.161. The van der Waals surface area contributed by atoms with Crippen LogP contribution in [0.4, 0.5) is 11.4 Å². The highest BCUT2D eigenvalue weighted by Crippen LogP contribution is 2.49. The minimum atomic E-state index is 0.161. The Bertz CT molecular complexity index is 1610. The Morgan fingerprint density at radius 3 is 2.65 bits per heavy atom. The number of aromatic nitrogens is 2. The maximum Gasteiger partial charge on any atom is 0.421 e. The molecule has 2 aromatic heterocycles. The van der Waals surface area contributed by atoms with E-state index >= 15 is 0 Å². The van der Waals surface area contributed by atoms with Crippen molar-refractivity contribution in [2.75, 3.05) is 4.81 Å². The third-order valence-corrected chi connectivity index (χ3v) is 7.56. The summed E-state index contributed by atoms with van der Waals surface area (Å²) < 4.78 is 5.04. The number of pyridine rings is 1. The molecular formula is C27H21BN3+. The summed E-state index contributed by atoms with van der Waals surface area (Å²) in [7, 11) is 0. The van der Waals surface area contributed by atoms with E-state index in [9.17, 15) is 0 Å². The first kappa shape index (κ1) is 16.2. The van der Waals surface area contributed by atoms with Crippen molar-refractivity contribution in [2.45, 2.75) is 26.3 Å². The molecule has 8 rings (SSSR count). The van der Waals surface area contributed by atoms with Gasteiger partial charge in [-0.2, -0.15) is 4.57 Å². The van der Waals surface area contributed by atoms with E-state index in [2.05, 4.69) is 101 Å². The van der Waals surface area contributed by atoms with E-state index in [0.29, 0.717) is 5.92 Å². The molecule has 5 heterocycles. The van der Waals surface area contributed by atoms with Gasteiger partial charge in [0.25, 0.3) is 0 Å². The predicted molar refractivity (Wildman–Crippen MR) is 128 cm³/mol. The molecule has 3 nitrogen and oxygen atoms in total. The van der Waals surface area contributed by atoms with Crippen molar-refractivity contribution in [2.24, 2.45) is 0 Å². The first-order valence-corrected chi connectivity index (χ1v) is 11.2. The monoisotopic (exact) mass is 398 g/mol. The Labute approximate surface area is 181 Å². The lowest BCUT2D eigenvalue weighted by molar-refractivity contribution is -0.671. The second kappa shape index (κ2) is 5.20. The molecule has 0 saturated heterocycles. The number of benzene rings is 3. The van der Waals surface area contributed by atoms with E-state index < -0.39 is 0 Å². The van der Waals surface area contributed by atoms with Gasteiger partial charge in [-0.1, -0.05) is 50.2 Å². The average Bonchev–Trinajstić information content (AvgIpc) is 3.45. The van der Waals surface area contributed by atoms with Gasteiger partial charge in [-0.15, -0.1) is 0 Å². The first-order chi connectivity index (χ1) is 15.2. The molecule has 0 aliphatic carbocycles. The summed E-state index contributed by atoms with van der Waals surface area (Å²) in [5.41, 5.74) is 12.5. The number of anilines is 2. The molecule has 0 radical (unpaired) electrons. The zero-order valence-corrected chi connectivity index (χ0v) is 17.6. The molecule has 0 N–H and O–H groups in total. The lowest BCUT2D eigenvalue weighted by Gasteiger charge is -2.32. The molecule has 0 bridgehead atoms. The van der Waals surface area contributed by atoms with Crippen LogP contribution in [0.3, 0.4) is 0 Å². The fraction of sp³-hybridized carbons (Fsp3) is 0.148. The summed E-state index contributed by atoms with van der Waals surface area (Å²) in [6.07, 6.45) is 2.24. The normalized spacial score (nSPS) is 14.8. The van der Waals surface area contributed by atoms with E-state index in [1.807, 2.05) is 0 Å². The van der Waals surface area contributed by atoms with Crippen molar-refractivity contribution in [1.82, 2.24) is 4.48 Å². The van der Waals surface area contributed by atoms with Gasteiger partial charge in [0.15, 0.2) is 12.7 Å². The van der Waals surface area contributed by atoms with Gasteiger partial charge in [0, 0.05) is 27.9 Å². The van der Waals surface area contributed by atoms with Crippen molar-refractivity contribution in [3.8, 4) is 11.3 Å². The second-order valence-electron chi connectivity index (χ2n) is 9.47. The Hall–Kier alpha value is -3.53. The molecule has 31 heavy (non-hydrogen) atoms. The molecule has 3 aromatic carbocycles. The van der Waals surface area contributed by atoms with Crippen LogP contribution in [0.15, 0.2) is 72.9 Å². The summed E-state index contributed by atoms with van der Waals surface area (Å²) in [6, 6.07) is 25.1. The largest absolute Gasteiger partial charge is 0.421 e. The van der Waals surface area contributed by atoms with E-state index in [1.165, 1.54) is 61.0 Å². The Morgan fingerprint density at radius 2 is 1.74 bits per heavy atom. The smallest absolute Gasteiger partial charge is 0.359 e. The van der Waals surface area contributed by atoms with Crippen molar-refractivity contribution >= 4 is 45.6 Å². The van der Waals surface area contributed by atoms with Gasteiger partial charge in [-0.3, -0.25) is 0 Å². The number of hydrogen-bond donors (Lipinski definition) is 0. The van der Waals surface area contributed by atoms with Crippen LogP contribution in [0.2, 0.25) is 0 Å². The molecule has 0 saturated carbocycles. The van der Waals surface area contributed by atoms with E-state index in [0.717, 1.165) is 6.54 Å². The van der Waals surface area contributed by atoms with Crippen LogP contribution in [-0.4, -0.2) is 11.5 Å². The standard InChI is InChI=1S/C27H21BN3/c1-16(2)17-13-18-15-29-12-6-11-24-27(29)25(18)21(14-17)28-30(24)23-10-5-8-20-19-7-3-4-9-22(19)31(28)26(20)23/h3-14,16H,15H2,1-2H3/q+1. The third kappa shape index (κ3) is 1.74. The molecule has 146 valence electrons. The van der Waals surface area contributed by atoms with Crippen molar-refractivity contribution in [1.29, 1.82) is 0 Å². The summed E-state index contributed by atoms with van der Waals surface area (Å²) in [6.45, 7) is 5.75. The highest BCUT2D eigenvalue weighted by molar-refractivity contribution is 6.82. The second-order valence-corrected chi connectivity index (χ2v) is 9.47. The fourth-order valence-electron chi connectivity index (χ4n) is 6.29. The number of fused-ring (bicyclic) bond motifs is 8. The zero-order valence-electron chi connectivity index (χ0n) is 17.6. The summed E-state index contributed by atoms with van der Waals surface area (Å²) in [4.78, 5) is 2.59. The van der Waals surface area contributed by atoms with E-state index in [4.69, 9.17) is 0 Å². The lowest BCUT2D eigenvalue weighted by Crippen LogP contribution is -2.53. The lowest BCUT2D eigenvalue weighted by atomic mass is 9.60. The average molecular weight is 398 g/mol. The van der Waals surface area contributed by atoms with Gasteiger partial charge in [-0.05, 0) is 41.2 Å². The topological polar surface area (TPSA) is 12.1 Å². The van der Waals surface area contributed by atoms with Crippen LogP contribution in [-0.2, 0) is 6.54 Å².